The van der Waals surface area contributed by atoms with E-state index in [9.17, 15) is 14.3 Å². The summed E-state index contributed by atoms with van der Waals surface area (Å²) in [5.74, 6) is 0. The summed E-state index contributed by atoms with van der Waals surface area (Å²) in [7, 11) is -1.66. The molecule has 5 nitrogen and oxygen atoms in total. The molecule has 0 N–H and O–H groups in total. The highest BCUT2D eigenvalue weighted by molar-refractivity contribution is 9.10. The molecule has 1 aromatic heterocycles. The van der Waals surface area contributed by atoms with E-state index >= 15 is 0 Å². The standard InChI is InChI=1S/C11H7BrN2O3S/c12-8-3-5-9(6-4-8)18(17)11-10(14(15)16)2-1-7-13-11/h1-7H. The van der Waals surface area contributed by atoms with E-state index in [2.05, 4.69) is 20.9 Å². The maximum absolute atomic E-state index is 12.2. The second-order valence-corrected chi connectivity index (χ2v) is 5.62. The highest BCUT2D eigenvalue weighted by atomic mass is 79.9. The summed E-state index contributed by atoms with van der Waals surface area (Å²) in [6, 6.07) is 9.46. The SMILES string of the molecule is O=[N+]([O-])c1cccnc1S(=O)c1ccc(Br)cc1. The number of pyridine rings is 1. The third-order valence-corrected chi connectivity index (χ3v) is 4.05. The van der Waals surface area contributed by atoms with Crippen LogP contribution < -0.4 is 0 Å². The minimum Gasteiger partial charge on any atom is -0.258 e. The Morgan fingerprint density at radius 1 is 1.22 bits per heavy atom. The third-order valence-electron chi connectivity index (χ3n) is 2.15. The van der Waals surface area contributed by atoms with Crippen LogP contribution in [0.3, 0.4) is 0 Å². The minimum absolute atomic E-state index is 0.0372. The van der Waals surface area contributed by atoms with E-state index in [0.29, 0.717) is 4.90 Å². The molecule has 0 radical (unpaired) electrons. The number of nitro groups is 1. The van der Waals surface area contributed by atoms with Crippen LogP contribution in [-0.4, -0.2) is 14.1 Å². The maximum Gasteiger partial charge on any atom is 0.304 e. The number of benzene rings is 1. The van der Waals surface area contributed by atoms with Crippen LogP contribution in [0.1, 0.15) is 0 Å². The van der Waals surface area contributed by atoms with E-state index in [1.54, 1.807) is 24.3 Å². The number of aromatic nitrogens is 1. The van der Waals surface area contributed by atoms with Gasteiger partial charge in [-0.1, -0.05) is 15.9 Å². The molecule has 1 unspecified atom stereocenters. The van der Waals surface area contributed by atoms with Gasteiger partial charge in [-0.25, -0.2) is 9.19 Å². The third kappa shape index (κ3) is 2.62. The van der Waals surface area contributed by atoms with Gasteiger partial charge in [0.25, 0.3) is 0 Å². The van der Waals surface area contributed by atoms with Crippen molar-refractivity contribution in [1.82, 2.24) is 4.98 Å². The fourth-order valence-electron chi connectivity index (χ4n) is 1.33. The van der Waals surface area contributed by atoms with Crippen molar-refractivity contribution < 1.29 is 9.13 Å². The topological polar surface area (TPSA) is 73.1 Å². The lowest BCUT2D eigenvalue weighted by Crippen LogP contribution is -2.01. The van der Waals surface area contributed by atoms with Crippen LogP contribution in [0, 0.1) is 10.1 Å². The molecule has 0 saturated carbocycles. The molecule has 0 amide bonds. The molecule has 0 saturated heterocycles. The molecule has 2 rings (SSSR count). The van der Waals surface area contributed by atoms with Gasteiger partial charge in [-0.2, -0.15) is 0 Å². The molecule has 2 aromatic rings. The fourth-order valence-corrected chi connectivity index (χ4v) is 2.69. The lowest BCUT2D eigenvalue weighted by atomic mass is 10.4. The van der Waals surface area contributed by atoms with Gasteiger partial charge in [-0.15, -0.1) is 0 Å². The van der Waals surface area contributed by atoms with Crippen molar-refractivity contribution in [2.75, 3.05) is 0 Å². The van der Waals surface area contributed by atoms with E-state index < -0.39 is 15.7 Å². The minimum atomic E-state index is -1.66. The van der Waals surface area contributed by atoms with E-state index in [-0.39, 0.29) is 10.7 Å². The first-order valence-corrected chi connectivity index (χ1v) is 6.80. The number of halogens is 1. The first-order valence-electron chi connectivity index (χ1n) is 4.86. The van der Waals surface area contributed by atoms with Crippen molar-refractivity contribution in [2.24, 2.45) is 0 Å². The second kappa shape index (κ2) is 5.36. The van der Waals surface area contributed by atoms with Gasteiger partial charge in [0.1, 0.15) is 10.8 Å². The first-order chi connectivity index (χ1) is 8.59. The fraction of sp³-hybridized carbons (Fsp3) is 0. The van der Waals surface area contributed by atoms with Gasteiger partial charge in [0.15, 0.2) is 0 Å². The van der Waals surface area contributed by atoms with Crippen LogP contribution in [0.2, 0.25) is 0 Å². The van der Waals surface area contributed by atoms with Gasteiger partial charge in [0.05, 0.1) is 4.92 Å². The summed E-state index contributed by atoms with van der Waals surface area (Å²) >= 11 is 3.27. The van der Waals surface area contributed by atoms with Gasteiger partial charge < -0.3 is 0 Å². The van der Waals surface area contributed by atoms with E-state index in [0.717, 1.165) is 4.47 Å². The molecule has 92 valence electrons. The van der Waals surface area contributed by atoms with Crippen molar-refractivity contribution in [1.29, 1.82) is 0 Å². The van der Waals surface area contributed by atoms with Crippen LogP contribution in [-0.2, 0) is 10.8 Å². The average molecular weight is 327 g/mol. The molecule has 0 fully saturated rings. The molecule has 0 spiro atoms. The van der Waals surface area contributed by atoms with Crippen molar-refractivity contribution in [2.45, 2.75) is 9.92 Å². The summed E-state index contributed by atoms with van der Waals surface area (Å²) < 4.78 is 13.1. The van der Waals surface area contributed by atoms with Crippen LogP contribution in [0.25, 0.3) is 0 Å². The van der Waals surface area contributed by atoms with Gasteiger partial charge in [-0.05, 0) is 30.3 Å². The molecule has 0 bridgehead atoms. The number of hydrogen-bond donors (Lipinski definition) is 0. The Balaban J connectivity index is 2.46. The number of hydrogen-bond acceptors (Lipinski definition) is 4. The Morgan fingerprint density at radius 2 is 1.89 bits per heavy atom. The maximum atomic E-state index is 12.2. The Bertz CT molecular complexity index is 616. The molecular weight excluding hydrogens is 320 g/mol. The van der Waals surface area contributed by atoms with Crippen LogP contribution in [0.5, 0.6) is 0 Å². The van der Waals surface area contributed by atoms with Gasteiger partial charge >= 0.3 is 5.69 Å². The highest BCUT2D eigenvalue weighted by Crippen LogP contribution is 2.24. The highest BCUT2D eigenvalue weighted by Gasteiger charge is 2.21. The quantitative estimate of drug-likeness (QED) is 0.642. The molecule has 0 aliphatic heterocycles. The predicted octanol–water partition coefficient (Wildman–Crippen LogP) is 2.92. The molecule has 1 heterocycles. The van der Waals surface area contributed by atoms with Gasteiger partial charge in [0, 0.05) is 21.6 Å². The van der Waals surface area contributed by atoms with Crippen LogP contribution >= 0.6 is 15.9 Å². The van der Waals surface area contributed by atoms with E-state index in [1.807, 2.05) is 0 Å². The second-order valence-electron chi connectivity index (χ2n) is 3.31. The Morgan fingerprint density at radius 3 is 2.50 bits per heavy atom. The molecule has 0 aliphatic carbocycles. The van der Waals surface area contributed by atoms with Crippen molar-refractivity contribution in [3.8, 4) is 0 Å². The van der Waals surface area contributed by atoms with Crippen molar-refractivity contribution in [3.63, 3.8) is 0 Å². The molecule has 1 aromatic carbocycles. The largest absolute Gasteiger partial charge is 0.304 e. The van der Waals surface area contributed by atoms with Crippen LogP contribution in [0.15, 0.2) is 57.0 Å². The summed E-state index contributed by atoms with van der Waals surface area (Å²) in [5.41, 5.74) is -0.237. The zero-order valence-electron chi connectivity index (χ0n) is 8.95. The summed E-state index contributed by atoms with van der Waals surface area (Å²) in [6.45, 7) is 0. The molecule has 0 aliphatic rings. The zero-order valence-corrected chi connectivity index (χ0v) is 11.3. The Kier molecular flexibility index (Phi) is 3.83. The molecule has 7 heteroatoms. The zero-order chi connectivity index (χ0) is 13.1. The van der Waals surface area contributed by atoms with E-state index in [4.69, 9.17) is 0 Å². The molecule has 18 heavy (non-hydrogen) atoms. The predicted molar refractivity (Wildman–Crippen MR) is 69.7 cm³/mol. The lowest BCUT2D eigenvalue weighted by Gasteiger charge is -2.02. The van der Waals surface area contributed by atoms with Crippen molar-refractivity contribution in [3.05, 3.63) is 57.2 Å². The lowest BCUT2D eigenvalue weighted by molar-refractivity contribution is -0.388. The number of nitrogens with zero attached hydrogens (tertiary/aromatic N) is 2. The van der Waals surface area contributed by atoms with Crippen LogP contribution in [0.4, 0.5) is 5.69 Å². The molecule has 1 atom stereocenters. The first kappa shape index (κ1) is 12.8. The summed E-state index contributed by atoms with van der Waals surface area (Å²) in [6.07, 6.45) is 1.39. The van der Waals surface area contributed by atoms with Crippen molar-refractivity contribution >= 4 is 32.4 Å². The molecular formula is C11H7BrN2O3S. The Hall–Kier alpha value is -1.60. The normalized spacial score (nSPS) is 12.1. The smallest absolute Gasteiger partial charge is 0.258 e. The monoisotopic (exact) mass is 326 g/mol. The summed E-state index contributed by atoms with van der Waals surface area (Å²) in [5, 5.41) is 10.8. The average Bonchev–Trinajstić information content (AvgIpc) is 2.39. The van der Waals surface area contributed by atoms with Gasteiger partial charge in [0.2, 0.25) is 5.03 Å². The Labute approximate surface area is 114 Å². The van der Waals surface area contributed by atoms with E-state index in [1.165, 1.54) is 18.3 Å². The summed E-state index contributed by atoms with van der Waals surface area (Å²) in [4.78, 5) is 14.6. The van der Waals surface area contributed by atoms with Gasteiger partial charge in [-0.3, -0.25) is 10.1 Å². The number of rotatable bonds is 3.